The van der Waals surface area contributed by atoms with E-state index in [-0.39, 0.29) is 6.54 Å². The molecule has 0 saturated heterocycles. The van der Waals surface area contributed by atoms with Gasteiger partial charge in [-0.3, -0.25) is 4.55 Å². The first-order valence-electron chi connectivity index (χ1n) is 11.3. The van der Waals surface area contributed by atoms with Crippen molar-refractivity contribution in [3.05, 3.63) is 70.4 Å². The highest BCUT2D eigenvalue weighted by Gasteiger charge is 2.15. The number of anilines is 4. The molecule has 0 radical (unpaired) electrons. The maximum atomic E-state index is 11.0. The van der Waals surface area contributed by atoms with Gasteiger partial charge in [-0.15, -0.1) is 0 Å². The minimum atomic E-state index is -2.11. The van der Waals surface area contributed by atoms with Gasteiger partial charge in [0.05, 0.1) is 12.8 Å². The third kappa shape index (κ3) is 7.20. The molecule has 0 aliphatic carbocycles. The predicted molar refractivity (Wildman–Crippen MR) is 140 cm³/mol. The van der Waals surface area contributed by atoms with Crippen LogP contribution in [0.2, 0.25) is 5.02 Å². The highest BCUT2D eigenvalue weighted by Crippen LogP contribution is 2.28. The number of hydrogen-bond donors (Lipinski definition) is 4. The third-order valence-electron chi connectivity index (χ3n) is 5.87. The van der Waals surface area contributed by atoms with Crippen LogP contribution in [0.1, 0.15) is 16.7 Å². The number of fused-ring (bicyclic) bond motifs is 1. The van der Waals surface area contributed by atoms with Crippen molar-refractivity contribution in [2.24, 2.45) is 0 Å². The van der Waals surface area contributed by atoms with Gasteiger partial charge < -0.3 is 20.3 Å². The fourth-order valence-electron chi connectivity index (χ4n) is 4.00. The molecule has 1 unspecified atom stereocenters. The Morgan fingerprint density at radius 3 is 2.74 bits per heavy atom. The molecule has 9 nitrogen and oxygen atoms in total. The topological polar surface area (TPSA) is 112 Å². The number of nitrogens with zero attached hydrogens (tertiary/aromatic N) is 3. The van der Waals surface area contributed by atoms with Gasteiger partial charge >= 0.3 is 0 Å². The van der Waals surface area contributed by atoms with E-state index >= 15 is 0 Å². The summed E-state index contributed by atoms with van der Waals surface area (Å²) in [6, 6.07) is 13.8. The van der Waals surface area contributed by atoms with Crippen LogP contribution in [0.5, 0.6) is 0 Å². The molecule has 186 valence electrons. The fraction of sp³-hybridized carbons (Fsp3) is 0.333. The van der Waals surface area contributed by atoms with Crippen LogP contribution >= 0.6 is 11.6 Å². The first kappa shape index (κ1) is 25.5. The average molecular weight is 517 g/mol. The number of para-hydroxylation sites is 1. The van der Waals surface area contributed by atoms with E-state index in [0.29, 0.717) is 16.8 Å². The summed E-state index contributed by atoms with van der Waals surface area (Å²) in [5.41, 5.74) is 5.12. The molecule has 1 aromatic heterocycles. The Kier molecular flexibility index (Phi) is 9.02. The number of hydrogen-bond acceptors (Lipinski definition) is 7. The number of methoxy groups -OCH3 is 1. The van der Waals surface area contributed by atoms with E-state index in [1.807, 2.05) is 30.3 Å². The highest BCUT2D eigenvalue weighted by atomic mass is 35.5. The number of rotatable bonds is 10. The smallest absolute Gasteiger partial charge is 0.232 e. The average Bonchev–Trinajstić information content (AvgIpc) is 3.06. The van der Waals surface area contributed by atoms with E-state index in [4.69, 9.17) is 20.9 Å². The second-order valence-corrected chi connectivity index (χ2v) is 9.38. The molecular formula is C24H29ClN6O3S. The minimum absolute atomic E-state index is 0.206. The molecule has 0 amide bonds. The molecule has 0 bridgehead atoms. The van der Waals surface area contributed by atoms with E-state index in [2.05, 4.69) is 42.4 Å². The zero-order valence-corrected chi connectivity index (χ0v) is 21.0. The summed E-state index contributed by atoms with van der Waals surface area (Å²) in [7, 11) is 1.74. The van der Waals surface area contributed by atoms with E-state index in [9.17, 15) is 4.21 Å². The summed E-state index contributed by atoms with van der Waals surface area (Å²) >= 11 is 4.25. The summed E-state index contributed by atoms with van der Waals surface area (Å²) in [6.07, 6.45) is 3.54. The Labute approximate surface area is 212 Å². The second-order valence-electron chi connectivity index (χ2n) is 8.19. The molecular weight excluding hydrogens is 488 g/mol. The quantitative estimate of drug-likeness (QED) is 0.300. The zero-order chi connectivity index (χ0) is 24.6. The lowest BCUT2D eigenvalue weighted by atomic mass is 10.0. The van der Waals surface area contributed by atoms with Crippen molar-refractivity contribution in [2.45, 2.75) is 19.4 Å². The van der Waals surface area contributed by atoms with Crippen molar-refractivity contribution in [3.8, 4) is 0 Å². The van der Waals surface area contributed by atoms with Crippen molar-refractivity contribution in [1.29, 1.82) is 0 Å². The van der Waals surface area contributed by atoms with Crippen LogP contribution in [0.4, 0.5) is 23.1 Å². The largest absolute Gasteiger partial charge is 0.383 e. The molecule has 1 atom stereocenters. The minimum Gasteiger partial charge on any atom is -0.383 e. The van der Waals surface area contributed by atoms with E-state index in [1.165, 1.54) is 11.1 Å². The van der Waals surface area contributed by atoms with Crippen LogP contribution in [0.15, 0.2) is 48.7 Å². The van der Waals surface area contributed by atoms with Crippen LogP contribution < -0.4 is 15.4 Å². The van der Waals surface area contributed by atoms with Gasteiger partial charge in [-0.2, -0.15) is 4.98 Å². The maximum Gasteiger partial charge on any atom is 0.232 e. The van der Waals surface area contributed by atoms with Crippen molar-refractivity contribution >= 4 is 46.0 Å². The van der Waals surface area contributed by atoms with Crippen molar-refractivity contribution in [3.63, 3.8) is 0 Å². The van der Waals surface area contributed by atoms with Crippen LogP contribution in [-0.2, 0) is 35.4 Å². The summed E-state index contributed by atoms with van der Waals surface area (Å²) in [5.74, 6) is 0.851. The molecule has 1 aliphatic rings. The molecule has 3 aromatic rings. The van der Waals surface area contributed by atoms with Gasteiger partial charge in [0.25, 0.3) is 0 Å². The van der Waals surface area contributed by atoms with Crippen molar-refractivity contribution in [2.75, 3.05) is 44.0 Å². The Morgan fingerprint density at radius 2 is 1.94 bits per heavy atom. The van der Waals surface area contributed by atoms with Gasteiger partial charge in [-0.1, -0.05) is 35.9 Å². The standard InChI is InChI=1S/C24H29ClN6O3S/c1-34-13-12-31-10-8-17-6-7-20(14-18(17)9-11-31)28-24-26-16-21(25)23(30-24)29-22-5-3-2-4-19(22)15-27-35(32)33/h2-7,14,16,27H,8-13,15H2,1H3,(H,32,33)(H2,26,28,29,30). The van der Waals surface area contributed by atoms with E-state index in [1.54, 1.807) is 13.3 Å². The normalized spacial score (nSPS) is 14.7. The van der Waals surface area contributed by atoms with Crippen LogP contribution in [0.25, 0.3) is 0 Å². The molecule has 2 heterocycles. The molecule has 2 aromatic carbocycles. The Balaban J connectivity index is 1.47. The molecule has 35 heavy (non-hydrogen) atoms. The van der Waals surface area contributed by atoms with E-state index in [0.717, 1.165) is 56.0 Å². The maximum absolute atomic E-state index is 11.0. The van der Waals surface area contributed by atoms with Crippen LogP contribution in [0.3, 0.4) is 0 Å². The number of halogens is 1. The van der Waals surface area contributed by atoms with Gasteiger partial charge in [0.1, 0.15) is 5.02 Å². The SMILES string of the molecule is COCCN1CCc2ccc(Nc3ncc(Cl)c(Nc4ccccc4CNS(=O)O)n3)cc2CC1. The number of aromatic nitrogens is 2. The van der Waals surface area contributed by atoms with Gasteiger partial charge in [0.2, 0.25) is 17.2 Å². The van der Waals surface area contributed by atoms with Gasteiger partial charge in [0.15, 0.2) is 5.82 Å². The van der Waals surface area contributed by atoms with Crippen molar-refractivity contribution in [1.82, 2.24) is 19.6 Å². The Morgan fingerprint density at radius 1 is 1.14 bits per heavy atom. The number of nitrogens with one attached hydrogen (secondary N) is 3. The Hall–Kier alpha value is -2.60. The summed E-state index contributed by atoms with van der Waals surface area (Å²) < 4.78 is 27.8. The lowest BCUT2D eigenvalue weighted by molar-refractivity contribution is 0.150. The van der Waals surface area contributed by atoms with Crippen LogP contribution in [-0.4, -0.2) is 57.0 Å². The van der Waals surface area contributed by atoms with Gasteiger partial charge in [0, 0.05) is 44.7 Å². The first-order valence-corrected chi connectivity index (χ1v) is 12.8. The predicted octanol–water partition coefficient (Wildman–Crippen LogP) is 3.89. The molecule has 1 aliphatic heterocycles. The number of benzene rings is 2. The monoisotopic (exact) mass is 516 g/mol. The van der Waals surface area contributed by atoms with Crippen LogP contribution in [0, 0.1) is 0 Å². The third-order valence-corrected chi connectivity index (χ3v) is 6.54. The lowest BCUT2D eigenvalue weighted by Gasteiger charge is -2.18. The molecule has 0 saturated carbocycles. The van der Waals surface area contributed by atoms with E-state index < -0.39 is 11.3 Å². The molecule has 4 rings (SSSR count). The molecule has 0 fully saturated rings. The number of ether oxygens (including phenoxy) is 1. The summed E-state index contributed by atoms with van der Waals surface area (Å²) in [5, 5.41) is 6.86. The highest BCUT2D eigenvalue weighted by molar-refractivity contribution is 7.77. The summed E-state index contributed by atoms with van der Waals surface area (Å²) in [4.78, 5) is 11.3. The van der Waals surface area contributed by atoms with Gasteiger partial charge in [-0.25, -0.2) is 13.9 Å². The van der Waals surface area contributed by atoms with Crippen molar-refractivity contribution < 1.29 is 13.5 Å². The molecule has 0 spiro atoms. The zero-order valence-electron chi connectivity index (χ0n) is 19.5. The summed E-state index contributed by atoms with van der Waals surface area (Å²) in [6.45, 7) is 3.93. The first-order chi connectivity index (χ1) is 17.0. The molecule has 4 N–H and O–H groups in total. The lowest BCUT2D eigenvalue weighted by Crippen LogP contribution is -2.29. The fourth-order valence-corrected chi connectivity index (χ4v) is 4.42. The van der Waals surface area contributed by atoms with Gasteiger partial charge in [-0.05, 0) is 47.7 Å². The molecule has 11 heteroatoms. The second kappa shape index (κ2) is 12.4. The Bertz CT molecular complexity index is 1180.